The average molecular weight is 268 g/mol. The van der Waals surface area contributed by atoms with Crippen LogP contribution in [0.25, 0.3) is 0 Å². The van der Waals surface area contributed by atoms with Gasteiger partial charge in [0.25, 0.3) is 5.91 Å². The highest BCUT2D eigenvalue weighted by Gasteiger charge is 2.64. The van der Waals surface area contributed by atoms with E-state index >= 15 is 0 Å². The van der Waals surface area contributed by atoms with Crippen molar-refractivity contribution in [3.63, 3.8) is 0 Å². The first-order valence-electron chi connectivity index (χ1n) is 6.09. The standard InChI is InChI=1S/C13H20N2O4/c1-12(2)8(13(12,3)4)7-14-11(19)15-9(16)5-6-10(17)18/h5-6,8H,7H2,1-4H3,(H,17,18)(H2,14,15,16,19). The molecule has 6 nitrogen and oxygen atoms in total. The molecule has 6 heteroatoms. The summed E-state index contributed by atoms with van der Waals surface area (Å²) in [4.78, 5) is 32.8. The first-order valence-corrected chi connectivity index (χ1v) is 6.09. The van der Waals surface area contributed by atoms with Crippen LogP contribution in [-0.2, 0) is 9.59 Å². The fraction of sp³-hybridized carbons (Fsp3) is 0.615. The van der Waals surface area contributed by atoms with Gasteiger partial charge in [0, 0.05) is 18.7 Å². The third-order valence-corrected chi connectivity index (χ3v) is 4.40. The molecule has 3 amide bonds. The third-order valence-electron chi connectivity index (χ3n) is 4.40. The van der Waals surface area contributed by atoms with Gasteiger partial charge in [-0.25, -0.2) is 9.59 Å². The fourth-order valence-corrected chi connectivity index (χ4v) is 2.38. The zero-order valence-electron chi connectivity index (χ0n) is 11.6. The van der Waals surface area contributed by atoms with Crippen LogP contribution in [-0.4, -0.2) is 29.6 Å². The lowest BCUT2D eigenvalue weighted by Gasteiger charge is -2.06. The van der Waals surface area contributed by atoms with E-state index in [9.17, 15) is 14.4 Å². The number of hydrogen-bond donors (Lipinski definition) is 3. The largest absolute Gasteiger partial charge is 0.478 e. The maximum Gasteiger partial charge on any atom is 0.328 e. The van der Waals surface area contributed by atoms with E-state index in [2.05, 4.69) is 33.0 Å². The van der Waals surface area contributed by atoms with Gasteiger partial charge < -0.3 is 10.4 Å². The molecule has 0 aromatic carbocycles. The van der Waals surface area contributed by atoms with Gasteiger partial charge in [-0.05, 0) is 16.7 Å². The Morgan fingerprint density at radius 1 is 1.11 bits per heavy atom. The third kappa shape index (κ3) is 3.33. The average Bonchev–Trinajstić information content (AvgIpc) is 2.64. The molecule has 0 bridgehead atoms. The normalized spacial score (nSPS) is 20.0. The second-order valence-corrected chi connectivity index (χ2v) is 5.87. The van der Waals surface area contributed by atoms with E-state index in [-0.39, 0.29) is 10.8 Å². The number of carbonyl (C=O) groups is 3. The summed E-state index contributed by atoms with van der Waals surface area (Å²) in [6, 6.07) is -0.612. The van der Waals surface area contributed by atoms with E-state index in [1.54, 1.807) is 0 Å². The number of carboxylic acids is 1. The molecule has 0 radical (unpaired) electrons. The van der Waals surface area contributed by atoms with Gasteiger partial charge in [-0.3, -0.25) is 10.1 Å². The number of nitrogens with one attached hydrogen (secondary N) is 2. The Morgan fingerprint density at radius 3 is 2.05 bits per heavy atom. The number of urea groups is 1. The Morgan fingerprint density at radius 2 is 1.63 bits per heavy atom. The molecule has 1 rings (SSSR count). The van der Waals surface area contributed by atoms with Gasteiger partial charge in [-0.15, -0.1) is 0 Å². The summed E-state index contributed by atoms with van der Waals surface area (Å²) in [6.45, 7) is 9.04. The maximum absolute atomic E-state index is 11.4. The van der Waals surface area contributed by atoms with Crippen molar-refractivity contribution in [2.75, 3.05) is 6.54 Å². The molecule has 0 saturated heterocycles. The molecule has 0 aromatic heterocycles. The summed E-state index contributed by atoms with van der Waals surface area (Å²) in [5.41, 5.74) is 0.320. The van der Waals surface area contributed by atoms with Crippen LogP contribution >= 0.6 is 0 Å². The Kier molecular flexibility index (Phi) is 4.03. The first kappa shape index (κ1) is 15.2. The quantitative estimate of drug-likeness (QED) is 0.666. The van der Waals surface area contributed by atoms with Crippen LogP contribution in [0.4, 0.5) is 4.79 Å². The number of aliphatic carboxylic acids is 1. The number of imide groups is 1. The highest BCUT2D eigenvalue weighted by molar-refractivity contribution is 6.02. The molecule has 1 fully saturated rings. The molecule has 0 spiro atoms. The highest BCUT2D eigenvalue weighted by atomic mass is 16.4. The number of carbonyl (C=O) groups excluding carboxylic acids is 2. The van der Waals surface area contributed by atoms with Crippen LogP contribution in [0.1, 0.15) is 27.7 Å². The molecule has 0 unspecified atom stereocenters. The summed E-state index contributed by atoms with van der Waals surface area (Å²) < 4.78 is 0. The van der Waals surface area contributed by atoms with Gasteiger partial charge in [0.15, 0.2) is 0 Å². The van der Waals surface area contributed by atoms with Crippen molar-refractivity contribution in [1.29, 1.82) is 0 Å². The molecule has 0 heterocycles. The van der Waals surface area contributed by atoms with Gasteiger partial charge in [0.2, 0.25) is 0 Å². The van der Waals surface area contributed by atoms with Crippen molar-refractivity contribution < 1.29 is 19.5 Å². The summed E-state index contributed by atoms with van der Waals surface area (Å²) >= 11 is 0. The van der Waals surface area contributed by atoms with Gasteiger partial charge in [-0.2, -0.15) is 0 Å². The molecular formula is C13H20N2O4. The monoisotopic (exact) mass is 268 g/mol. The van der Waals surface area contributed by atoms with Gasteiger partial charge >= 0.3 is 12.0 Å². The maximum atomic E-state index is 11.4. The predicted octanol–water partition coefficient (Wildman–Crippen LogP) is 1.14. The van der Waals surface area contributed by atoms with Crippen LogP contribution in [0.5, 0.6) is 0 Å². The highest BCUT2D eigenvalue weighted by Crippen LogP contribution is 2.67. The molecule has 0 aromatic rings. The topological polar surface area (TPSA) is 95.5 Å². The summed E-state index contributed by atoms with van der Waals surface area (Å²) in [6.07, 6.45) is 1.47. The van der Waals surface area contributed by atoms with Crippen molar-refractivity contribution in [3.05, 3.63) is 12.2 Å². The zero-order chi connectivity index (χ0) is 14.8. The Bertz CT molecular complexity index is 424. The fourth-order valence-electron chi connectivity index (χ4n) is 2.38. The van der Waals surface area contributed by atoms with E-state index in [1.165, 1.54) is 0 Å². The Hall–Kier alpha value is -1.85. The van der Waals surface area contributed by atoms with Crippen LogP contribution in [0.3, 0.4) is 0 Å². The van der Waals surface area contributed by atoms with E-state index in [1.807, 2.05) is 5.32 Å². The molecule has 1 saturated carbocycles. The Balaban J connectivity index is 2.34. The minimum Gasteiger partial charge on any atom is -0.478 e. The van der Waals surface area contributed by atoms with E-state index < -0.39 is 17.9 Å². The van der Waals surface area contributed by atoms with Crippen molar-refractivity contribution in [3.8, 4) is 0 Å². The van der Waals surface area contributed by atoms with Crippen molar-refractivity contribution in [1.82, 2.24) is 10.6 Å². The van der Waals surface area contributed by atoms with Gasteiger partial charge in [0.1, 0.15) is 0 Å². The van der Waals surface area contributed by atoms with Crippen LogP contribution in [0.2, 0.25) is 0 Å². The molecule has 0 atom stereocenters. The summed E-state index contributed by atoms with van der Waals surface area (Å²) in [7, 11) is 0. The molecule has 3 N–H and O–H groups in total. The van der Waals surface area contributed by atoms with Crippen LogP contribution < -0.4 is 10.6 Å². The van der Waals surface area contributed by atoms with Gasteiger partial charge in [-0.1, -0.05) is 27.7 Å². The number of rotatable bonds is 4. The molecule has 106 valence electrons. The minimum atomic E-state index is -1.24. The van der Waals surface area contributed by atoms with E-state index in [0.717, 1.165) is 6.08 Å². The van der Waals surface area contributed by atoms with E-state index in [4.69, 9.17) is 5.11 Å². The van der Waals surface area contributed by atoms with Crippen molar-refractivity contribution in [2.45, 2.75) is 27.7 Å². The van der Waals surface area contributed by atoms with E-state index in [0.29, 0.717) is 18.5 Å². The smallest absolute Gasteiger partial charge is 0.328 e. The molecule has 1 aliphatic rings. The second-order valence-electron chi connectivity index (χ2n) is 5.87. The lowest BCUT2D eigenvalue weighted by atomic mass is 10.0. The lowest BCUT2D eigenvalue weighted by molar-refractivity contribution is -0.131. The predicted molar refractivity (Wildman–Crippen MR) is 69.4 cm³/mol. The molecular weight excluding hydrogens is 248 g/mol. The number of carboxylic acid groups (broad SMARTS) is 1. The summed E-state index contributed by atoms with van der Waals surface area (Å²) in [5, 5.41) is 13.0. The van der Waals surface area contributed by atoms with Crippen molar-refractivity contribution in [2.24, 2.45) is 16.7 Å². The van der Waals surface area contributed by atoms with Crippen LogP contribution in [0, 0.1) is 16.7 Å². The summed E-state index contributed by atoms with van der Waals surface area (Å²) in [5.74, 6) is -1.64. The van der Waals surface area contributed by atoms with Gasteiger partial charge in [0.05, 0.1) is 0 Å². The first-order chi connectivity index (χ1) is 8.59. The Labute approximate surface area is 112 Å². The number of amides is 3. The SMILES string of the molecule is CC1(C)C(CNC(=O)NC(=O)C=CC(=O)O)C1(C)C. The molecule has 0 aliphatic heterocycles. The molecule has 1 aliphatic carbocycles. The minimum absolute atomic E-state index is 0.160. The molecule has 19 heavy (non-hydrogen) atoms. The zero-order valence-corrected chi connectivity index (χ0v) is 11.6. The van der Waals surface area contributed by atoms with Crippen molar-refractivity contribution >= 4 is 17.9 Å². The van der Waals surface area contributed by atoms with Crippen LogP contribution in [0.15, 0.2) is 12.2 Å². The number of hydrogen-bond acceptors (Lipinski definition) is 3. The second kappa shape index (κ2) is 5.03. The lowest BCUT2D eigenvalue weighted by Crippen LogP contribution is -2.40.